The summed E-state index contributed by atoms with van der Waals surface area (Å²) in [6, 6.07) is 3.58. The number of nitrogens with one attached hydrogen (secondary N) is 1. The number of ether oxygens (including phenoxy) is 3. The van der Waals surface area contributed by atoms with E-state index in [1.165, 1.54) is 0 Å². The number of aryl methyl sites for hydroxylation is 1. The Hall–Kier alpha value is -3.43. The van der Waals surface area contributed by atoms with E-state index >= 15 is 0 Å². The van der Waals surface area contributed by atoms with Gasteiger partial charge in [-0.1, -0.05) is 13.3 Å². The Bertz CT molecular complexity index is 973. The van der Waals surface area contributed by atoms with Gasteiger partial charge in [-0.3, -0.25) is 0 Å². The largest absolute Gasteiger partial charge is 0.478 e. The van der Waals surface area contributed by atoms with Gasteiger partial charge in [-0.2, -0.15) is 9.97 Å². The summed E-state index contributed by atoms with van der Waals surface area (Å²) in [4.78, 5) is 29.3. The summed E-state index contributed by atoms with van der Waals surface area (Å²) in [5.74, 6) is 0.589. The van der Waals surface area contributed by atoms with Crippen molar-refractivity contribution in [3.63, 3.8) is 0 Å². The Morgan fingerprint density at radius 3 is 2.67 bits per heavy atom. The van der Waals surface area contributed by atoms with Crippen molar-refractivity contribution in [3.8, 4) is 11.8 Å². The lowest BCUT2D eigenvalue weighted by atomic mass is 10.3. The lowest BCUT2D eigenvalue weighted by Crippen LogP contribution is -2.15. The molecule has 3 aromatic rings. The Labute approximate surface area is 174 Å². The molecular formula is C20H26N6O4. The quantitative estimate of drug-likeness (QED) is 0.473. The zero-order valence-electron chi connectivity index (χ0n) is 17.4. The summed E-state index contributed by atoms with van der Waals surface area (Å²) in [5.41, 5.74) is 1.80. The molecule has 3 rings (SSSR count). The molecule has 0 aliphatic heterocycles. The van der Waals surface area contributed by atoms with Crippen LogP contribution in [0.3, 0.4) is 0 Å². The molecule has 0 aliphatic carbocycles. The molecule has 0 amide bonds. The van der Waals surface area contributed by atoms with Crippen LogP contribution in [-0.4, -0.2) is 50.3 Å². The highest BCUT2D eigenvalue weighted by molar-refractivity contribution is 5.79. The van der Waals surface area contributed by atoms with Crippen LogP contribution in [0, 0.1) is 0 Å². The summed E-state index contributed by atoms with van der Waals surface area (Å²) < 4.78 is 17.8. The van der Waals surface area contributed by atoms with E-state index in [1.807, 2.05) is 17.6 Å². The fraction of sp³-hybridized carbons (Fsp3) is 0.450. The summed E-state index contributed by atoms with van der Waals surface area (Å²) in [6.07, 6.45) is 5.36. The van der Waals surface area contributed by atoms with Gasteiger partial charge in [0.05, 0.1) is 31.4 Å². The van der Waals surface area contributed by atoms with E-state index in [0.29, 0.717) is 35.3 Å². The zero-order valence-corrected chi connectivity index (χ0v) is 17.4. The zero-order chi connectivity index (χ0) is 21.3. The molecule has 3 aromatic heterocycles. The molecule has 3 heterocycles. The van der Waals surface area contributed by atoms with E-state index in [4.69, 9.17) is 14.2 Å². The Morgan fingerprint density at radius 1 is 1.10 bits per heavy atom. The normalized spacial score (nSPS) is 10.8. The van der Waals surface area contributed by atoms with Crippen LogP contribution < -0.4 is 14.8 Å². The molecule has 0 spiro atoms. The molecule has 0 unspecified atom stereocenters. The highest BCUT2D eigenvalue weighted by atomic mass is 16.6. The van der Waals surface area contributed by atoms with Crippen LogP contribution >= 0.6 is 0 Å². The van der Waals surface area contributed by atoms with Gasteiger partial charge in [-0.15, -0.1) is 0 Å². The Morgan fingerprint density at radius 2 is 1.97 bits per heavy atom. The first-order chi connectivity index (χ1) is 14.6. The molecule has 0 aromatic carbocycles. The van der Waals surface area contributed by atoms with Crippen LogP contribution in [0.5, 0.6) is 11.8 Å². The number of esters is 1. The maximum atomic E-state index is 11.7. The molecule has 0 atom stereocenters. The molecule has 0 saturated carbocycles. The lowest BCUT2D eigenvalue weighted by molar-refractivity contribution is -0.145. The number of carbonyl (C=O) groups excluding carboxylic acids is 1. The summed E-state index contributed by atoms with van der Waals surface area (Å²) in [7, 11) is 0. The van der Waals surface area contributed by atoms with Gasteiger partial charge in [0.25, 0.3) is 0 Å². The second-order valence-electron chi connectivity index (χ2n) is 6.35. The van der Waals surface area contributed by atoms with Crippen molar-refractivity contribution >= 4 is 28.8 Å². The number of hydrogen-bond donors (Lipinski definition) is 1. The summed E-state index contributed by atoms with van der Waals surface area (Å²) >= 11 is 0. The van der Waals surface area contributed by atoms with Crippen molar-refractivity contribution in [2.75, 3.05) is 25.1 Å². The standard InChI is InChI=1S/C20H26N6O4/c1-4-7-10-26-13-22-17-18(26)24-20(25-19(17)30-12-16(27)29-6-3)23-14-8-9-15(21-11-14)28-5-2/h8-9,11,13H,4-7,10,12H2,1-3H3,(H,23,24,25). The number of rotatable bonds is 11. The molecule has 0 bridgehead atoms. The number of unbranched alkanes of at least 4 members (excludes halogenated alkanes) is 1. The van der Waals surface area contributed by atoms with Crippen molar-refractivity contribution in [2.24, 2.45) is 0 Å². The molecule has 0 radical (unpaired) electrons. The molecule has 10 heteroatoms. The second kappa shape index (κ2) is 10.4. The van der Waals surface area contributed by atoms with Crippen LogP contribution in [0.2, 0.25) is 0 Å². The van der Waals surface area contributed by atoms with Gasteiger partial charge in [-0.05, 0) is 26.3 Å². The number of pyridine rings is 1. The minimum absolute atomic E-state index is 0.213. The molecule has 10 nitrogen and oxygen atoms in total. The average molecular weight is 414 g/mol. The monoisotopic (exact) mass is 414 g/mol. The highest BCUT2D eigenvalue weighted by Crippen LogP contribution is 2.25. The topological polar surface area (TPSA) is 113 Å². The van der Waals surface area contributed by atoms with E-state index in [-0.39, 0.29) is 19.1 Å². The van der Waals surface area contributed by atoms with Crippen molar-refractivity contribution in [1.82, 2.24) is 24.5 Å². The number of carbonyl (C=O) groups is 1. The third kappa shape index (κ3) is 5.34. The van der Waals surface area contributed by atoms with Gasteiger partial charge in [-0.25, -0.2) is 14.8 Å². The summed E-state index contributed by atoms with van der Waals surface area (Å²) in [5, 5.41) is 3.11. The fourth-order valence-corrected chi connectivity index (χ4v) is 2.71. The van der Waals surface area contributed by atoms with Gasteiger partial charge < -0.3 is 24.1 Å². The lowest BCUT2D eigenvalue weighted by Gasteiger charge is -2.10. The minimum Gasteiger partial charge on any atom is -0.478 e. The predicted molar refractivity (Wildman–Crippen MR) is 111 cm³/mol. The third-order valence-electron chi connectivity index (χ3n) is 4.10. The SMILES string of the molecule is CCCCn1cnc2c(OCC(=O)OCC)nc(Nc3ccc(OCC)nc3)nc21. The minimum atomic E-state index is -0.472. The van der Waals surface area contributed by atoms with E-state index in [0.717, 1.165) is 19.4 Å². The van der Waals surface area contributed by atoms with E-state index < -0.39 is 5.97 Å². The maximum Gasteiger partial charge on any atom is 0.344 e. The number of aromatic nitrogens is 5. The first-order valence-electron chi connectivity index (χ1n) is 10.0. The third-order valence-corrected chi connectivity index (χ3v) is 4.10. The summed E-state index contributed by atoms with van der Waals surface area (Å²) in [6.45, 7) is 7.09. The molecule has 30 heavy (non-hydrogen) atoms. The molecular weight excluding hydrogens is 388 g/mol. The molecule has 0 saturated heterocycles. The van der Waals surface area contributed by atoms with Gasteiger partial charge >= 0.3 is 5.97 Å². The predicted octanol–water partition coefficient (Wildman–Crippen LogP) is 3.11. The van der Waals surface area contributed by atoms with Crippen molar-refractivity contribution in [2.45, 2.75) is 40.2 Å². The number of anilines is 2. The molecule has 0 aliphatic rings. The maximum absolute atomic E-state index is 11.7. The first-order valence-corrected chi connectivity index (χ1v) is 10.0. The van der Waals surface area contributed by atoms with E-state index in [9.17, 15) is 4.79 Å². The van der Waals surface area contributed by atoms with Gasteiger partial charge in [0.15, 0.2) is 17.8 Å². The van der Waals surface area contributed by atoms with Crippen molar-refractivity contribution < 1.29 is 19.0 Å². The van der Waals surface area contributed by atoms with E-state index in [2.05, 4.69) is 32.2 Å². The van der Waals surface area contributed by atoms with Gasteiger partial charge in [0.2, 0.25) is 17.7 Å². The van der Waals surface area contributed by atoms with Crippen LogP contribution in [0.1, 0.15) is 33.6 Å². The first kappa shape index (κ1) is 21.3. The van der Waals surface area contributed by atoms with Gasteiger partial charge in [0, 0.05) is 12.6 Å². The smallest absolute Gasteiger partial charge is 0.344 e. The van der Waals surface area contributed by atoms with Crippen molar-refractivity contribution in [1.29, 1.82) is 0 Å². The van der Waals surface area contributed by atoms with Crippen LogP contribution in [0.4, 0.5) is 11.6 Å². The Kier molecular flexibility index (Phi) is 7.36. The Balaban J connectivity index is 1.88. The molecule has 0 fully saturated rings. The number of fused-ring (bicyclic) bond motifs is 1. The highest BCUT2D eigenvalue weighted by Gasteiger charge is 2.16. The second-order valence-corrected chi connectivity index (χ2v) is 6.35. The average Bonchev–Trinajstić information content (AvgIpc) is 3.15. The van der Waals surface area contributed by atoms with Gasteiger partial charge in [0.1, 0.15) is 0 Å². The van der Waals surface area contributed by atoms with Crippen LogP contribution in [-0.2, 0) is 16.1 Å². The van der Waals surface area contributed by atoms with Crippen LogP contribution in [0.15, 0.2) is 24.7 Å². The van der Waals surface area contributed by atoms with Crippen LogP contribution in [0.25, 0.3) is 11.2 Å². The number of imidazole rings is 1. The number of hydrogen-bond acceptors (Lipinski definition) is 9. The van der Waals surface area contributed by atoms with Crippen molar-refractivity contribution in [3.05, 3.63) is 24.7 Å². The molecule has 160 valence electrons. The van der Waals surface area contributed by atoms with E-state index in [1.54, 1.807) is 25.5 Å². The fourth-order valence-electron chi connectivity index (χ4n) is 2.71. The molecule has 1 N–H and O–H groups in total. The number of nitrogens with zero attached hydrogens (tertiary/aromatic N) is 5.